The summed E-state index contributed by atoms with van der Waals surface area (Å²) in [6.07, 6.45) is 6.11. The van der Waals surface area contributed by atoms with Crippen LogP contribution in [0.1, 0.15) is 69.4 Å². The van der Waals surface area contributed by atoms with Gasteiger partial charge in [0.15, 0.2) is 0 Å². The SMILES string of the molecule is [C-]#[N+]c1c(N=Nc2ccc(N(CC)CC(COC(C)C)OCCOCCOCCOCCOCCOC(=O)CC(C/C=C/CCC)C(=O)OC)cc2C)sc(C#N)c1C. The summed E-state index contributed by atoms with van der Waals surface area (Å²) in [6, 6.07) is 8.07. The molecule has 0 fully saturated rings. The predicted molar refractivity (Wildman–Crippen MR) is 227 cm³/mol. The van der Waals surface area contributed by atoms with Gasteiger partial charge in [-0.05, 0) is 76.8 Å². The van der Waals surface area contributed by atoms with E-state index in [1.165, 1.54) is 18.4 Å². The van der Waals surface area contributed by atoms with E-state index in [-0.39, 0.29) is 31.8 Å². The number of likely N-dealkylation sites (N-methyl/N-ethyl adjacent to an activating group) is 1. The van der Waals surface area contributed by atoms with Crippen molar-refractivity contribution < 1.29 is 47.5 Å². The third-order valence-corrected chi connectivity index (χ3v) is 9.77. The molecule has 15 nitrogen and oxygen atoms in total. The molecule has 1 heterocycles. The maximum atomic E-state index is 12.2. The fourth-order valence-corrected chi connectivity index (χ4v) is 6.31. The molecule has 0 radical (unpaired) electrons. The Morgan fingerprint density at radius 2 is 1.58 bits per heavy atom. The number of anilines is 1. The maximum Gasteiger partial charge on any atom is 0.309 e. The quantitative estimate of drug-likeness (QED) is 0.0228. The van der Waals surface area contributed by atoms with Crippen molar-refractivity contribution >= 4 is 45.3 Å². The number of benzene rings is 1. The first-order valence-corrected chi connectivity index (χ1v) is 21.0. The first kappa shape index (κ1) is 50.9. The lowest BCUT2D eigenvalue weighted by Gasteiger charge is -2.29. The summed E-state index contributed by atoms with van der Waals surface area (Å²) in [5.41, 5.74) is 3.63. The van der Waals surface area contributed by atoms with Gasteiger partial charge in [0.1, 0.15) is 17.7 Å². The molecule has 0 bridgehead atoms. The summed E-state index contributed by atoms with van der Waals surface area (Å²) < 4.78 is 44.5. The van der Waals surface area contributed by atoms with Crippen molar-refractivity contribution in [3.05, 3.63) is 57.8 Å². The lowest BCUT2D eigenvalue weighted by molar-refractivity contribution is -0.154. The van der Waals surface area contributed by atoms with Crippen LogP contribution in [-0.4, -0.2) is 117 Å². The van der Waals surface area contributed by atoms with Crippen LogP contribution in [0.5, 0.6) is 0 Å². The summed E-state index contributed by atoms with van der Waals surface area (Å²) in [5, 5.41) is 18.5. The number of methoxy groups -OCH3 is 1. The summed E-state index contributed by atoms with van der Waals surface area (Å²) in [4.78, 5) is 30.4. The van der Waals surface area contributed by atoms with Crippen molar-refractivity contribution in [1.82, 2.24) is 0 Å². The number of hydrogen-bond donors (Lipinski definition) is 0. The first-order chi connectivity index (χ1) is 28.6. The Morgan fingerprint density at radius 1 is 0.932 bits per heavy atom. The van der Waals surface area contributed by atoms with Crippen LogP contribution in [0.2, 0.25) is 0 Å². The largest absolute Gasteiger partial charge is 0.469 e. The maximum absolute atomic E-state index is 12.2. The van der Waals surface area contributed by atoms with E-state index in [9.17, 15) is 14.9 Å². The number of nitrogens with zero attached hydrogens (tertiary/aromatic N) is 5. The zero-order chi connectivity index (χ0) is 43.3. The van der Waals surface area contributed by atoms with Gasteiger partial charge in [-0.1, -0.05) is 25.5 Å². The minimum absolute atomic E-state index is 0.0377. The second-order valence-electron chi connectivity index (χ2n) is 13.6. The van der Waals surface area contributed by atoms with Crippen LogP contribution >= 0.6 is 11.3 Å². The van der Waals surface area contributed by atoms with Crippen molar-refractivity contribution in [2.24, 2.45) is 16.1 Å². The Kier molecular flexibility index (Phi) is 26.5. The van der Waals surface area contributed by atoms with Gasteiger partial charge in [-0.2, -0.15) is 15.5 Å². The molecule has 2 atom stereocenters. The molecule has 2 unspecified atom stereocenters. The van der Waals surface area contributed by atoms with Crippen LogP contribution in [0.3, 0.4) is 0 Å². The highest BCUT2D eigenvalue weighted by Gasteiger charge is 2.22. The Morgan fingerprint density at radius 3 is 2.14 bits per heavy atom. The number of aryl methyl sites for hydroxylation is 1. The smallest absolute Gasteiger partial charge is 0.309 e. The summed E-state index contributed by atoms with van der Waals surface area (Å²) >= 11 is 1.17. The highest BCUT2D eigenvalue weighted by Crippen LogP contribution is 2.42. The lowest BCUT2D eigenvalue weighted by Crippen LogP contribution is -2.38. The van der Waals surface area contributed by atoms with Gasteiger partial charge in [0.2, 0.25) is 5.69 Å². The molecule has 1 aromatic heterocycles. The van der Waals surface area contributed by atoms with Gasteiger partial charge in [0, 0.05) is 18.8 Å². The number of esters is 2. The van der Waals surface area contributed by atoms with Gasteiger partial charge in [-0.25, -0.2) is 4.85 Å². The fourth-order valence-electron chi connectivity index (χ4n) is 5.44. The molecular formula is C43H63N5O10S. The first-order valence-electron chi connectivity index (χ1n) is 20.2. The zero-order valence-corrected chi connectivity index (χ0v) is 36.7. The van der Waals surface area contributed by atoms with Crippen LogP contribution in [0.25, 0.3) is 4.85 Å². The van der Waals surface area contributed by atoms with Gasteiger partial charge in [-0.3, -0.25) is 9.59 Å². The molecule has 2 aromatic rings. The molecular weight excluding hydrogens is 779 g/mol. The van der Waals surface area contributed by atoms with Crippen LogP contribution in [0.4, 0.5) is 22.1 Å². The molecule has 16 heteroatoms. The molecule has 0 saturated carbocycles. The molecule has 0 N–H and O–H groups in total. The molecule has 59 heavy (non-hydrogen) atoms. The van der Waals surface area contributed by atoms with E-state index in [1.807, 2.05) is 45.1 Å². The molecule has 2 rings (SSSR count). The number of rotatable bonds is 32. The van der Waals surface area contributed by atoms with Crippen molar-refractivity contribution in [3.63, 3.8) is 0 Å². The van der Waals surface area contributed by atoms with Gasteiger partial charge < -0.3 is 42.8 Å². The van der Waals surface area contributed by atoms with Gasteiger partial charge in [0.25, 0.3) is 0 Å². The normalized spacial score (nSPS) is 12.5. The molecule has 0 saturated heterocycles. The number of carbonyl (C=O) groups is 2. The van der Waals surface area contributed by atoms with E-state index in [4.69, 9.17) is 44.5 Å². The Balaban J connectivity index is 1.63. The average Bonchev–Trinajstić information content (AvgIpc) is 3.54. The predicted octanol–water partition coefficient (Wildman–Crippen LogP) is 8.37. The molecule has 0 aliphatic rings. The van der Waals surface area contributed by atoms with Gasteiger partial charge in [-0.15, -0.1) is 11.3 Å². The number of hydrogen-bond acceptors (Lipinski definition) is 15. The third kappa shape index (κ3) is 20.5. The van der Waals surface area contributed by atoms with Crippen molar-refractivity contribution in [2.75, 3.05) is 97.8 Å². The molecule has 1 aromatic carbocycles. The number of nitriles is 1. The van der Waals surface area contributed by atoms with Crippen molar-refractivity contribution in [3.8, 4) is 6.07 Å². The highest BCUT2D eigenvalue weighted by molar-refractivity contribution is 7.17. The van der Waals surface area contributed by atoms with E-state index in [1.54, 1.807) is 6.92 Å². The van der Waals surface area contributed by atoms with E-state index in [2.05, 4.69) is 46.0 Å². The monoisotopic (exact) mass is 841 g/mol. The Bertz CT molecular complexity index is 1670. The van der Waals surface area contributed by atoms with Crippen LogP contribution in [-0.2, 0) is 47.5 Å². The Hall–Kier alpha value is -4.26. The zero-order valence-electron chi connectivity index (χ0n) is 35.9. The Labute approximate surface area is 354 Å². The number of thiophene rings is 1. The number of ether oxygens (including phenoxy) is 8. The van der Waals surface area contributed by atoms with Gasteiger partial charge in [0.05, 0.1) is 115 Å². The van der Waals surface area contributed by atoms with Crippen LogP contribution < -0.4 is 4.90 Å². The number of carbonyl (C=O) groups excluding carboxylic acids is 2. The van der Waals surface area contributed by atoms with Crippen LogP contribution in [0, 0.1) is 37.7 Å². The minimum atomic E-state index is -0.561. The second kappa shape index (κ2) is 30.7. The van der Waals surface area contributed by atoms with E-state index in [0.717, 1.165) is 30.6 Å². The highest BCUT2D eigenvalue weighted by atomic mass is 32.1. The van der Waals surface area contributed by atoms with Crippen molar-refractivity contribution in [1.29, 1.82) is 5.26 Å². The third-order valence-electron chi connectivity index (χ3n) is 8.70. The fraction of sp³-hybridized carbons (Fsp3) is 0.628. The standard InChI is InChI=1S/C43H63N5O10S/c1-9-11-12-13-14-35(43(50)51-8)28-40(49)57-26-24-55-22-20-53-18-17-52-19-21-54-23-25-56-37(31-58-32(3)4)30-48(10-2)36-15-16-38(33(5)27-36)46-47-42-41(45-7)34(6)39(29-44)59-42/h12-13,15-16,27,32,35,37H,9-11,14,17-26,28,30-31H2,1-6,8H3/b13-12+,47-46?. The second-order valence-corrected chi connectivity index (χ2v) is 14.6. The molecule has 0 amide bonds. The van der Waals surface area contributed by atoms with E-state index in [0.29, 0.717) is 99.2 Å². The molecule has 0 aliphatic heterocycles. The lowest BCUT2D eigenvalue weighted by atomic mass is 10.0. The molecule has 0 aliphatic carbocycles. The number of azo groups is 1. The van der Waals surface area contributed by atoms with Gasteiger partial charge >= 0.3 is 11.9 Å². The molecule has 0 spiro atoms. The number of unbranched alkanes of at least 4 members (excludes halogenated alkanes) is 1. The van der Waals surface area contributed by atoms with Crippen molar-refractivity contribution in [2.45, 2.75) is 79.4 Å². The minimum Gasteiger partial charge on any atom is -0.469 e. The van der Waals surface area contributed by atoms with E-state index < -0.39 is 17.9 Å². The summed E-state index contributed by atoms with van der Waals surface area (Å²) in [6.45, 7) is 24.7. The topological polar surface area (TPSA) is 164 Å². The van der Waals surface area contributed by atoms with Crippen LogP contribution in [0.15, 0.2) is 40.6 Å². The average molecular weight is 842 g/mol. The molecule has 326 valence electrons. The summed E-state index contributed by atoms with van der Waals surface area (Å²) in [7, 11) is 1.31. The van der Waals surface area contributed by atoms with E-state index >= 15 is 0 Å². The summed E-state index contributed by atoms with van der Waals surface area (Å²) in [5.74, 6) is -1.45. The number of allylic oxidation sites excluding steroid dienone is 2.